The zero-order chi connectivity index (χ0) is 18.0. The first-order valence-electron chi connectivity index (χ1n) is 7.86. The first kappa shape index (κ1) is 17.1. The van der Waals surface area contributed by atoms with E-state index >= 15 is 0 Å². The van der Waals surface area contributed by atoms with E-state index in [1.54, 1.807) is 0 Å². The number of carbonyl (C=O) groups is 1. The van der Waals surface area contributed by atoms with Gasteiger partial charge >= 0.3 is 0 Å². The molecule has 0 fully saturated rings. The predicted octanol–water partition coefficient (Wildman–Crippen LogP) is 3.25. The topological polar surface area (TPSA) is 105 Å². The lowest BCUT2D eigenvalue weighted by atomic mass is 9.90. The van der Waals surface area contributed by atoms with Gasteiger partial charge in [0.1, 0.15) is 5.75 Å². The molecule has 2 N–H and O–H groups in total. The van der Waals surface area contributed by atoms with Crippen molar-refractivity contribution in [3.05, 3.63) is 55.3 Å². The molecule has 0 unspecified atom stereocenters. The third-order valence-electron chi connectivity index (χ3n) is 4.14. The van der Waals surface area contributed by atoms with Crippen LogP contribution in [0.15, 0.2) is 29.4 Å². The molecular formula is C17H17N3O4S. The van der Waals surface area contributed by atoms with Crippen molar-refractivity contribution in [2.75, 3.05) is 0 Å². The monoisotopic (exact) mass is 359 g/mol. The van der Waals surface area contributed by atoms with Crippen LogP contribution in [0.2, 0.25) is 0 Å². The molecule has 0 bridgehead atoms. The number of nitrogens with zero attached hydrogens (tertiary/aromatic N) is 2. The summed E-state index contributed by atoms with van der Waals surface area (Å²) in [5.41, 5.74) is 3.63. The number of phenols is 1. The van der Waals surface area contributed by atoms with E-state index in [0.717, 1.165) is 19.3 Å². The van der Waals surface area contributed by atoms with Crippen LogP contribution in [-0.2, 0) is 12.8 Å². The maximum absolute atomic E-state index is 12.2. The highest BCUT2D eigenvalue weighted by atomic mass is 32.1. The lowest BCUT2D eigenvalue weighted by molar-refractivity contribution is -0.384. The fourth-order valence-corrected chi connectivity index (χ4v) is 3.89. The molecule has 1 amide bonds. The number of hydrogen-bond donors (Lipinski definition) is 2. The number of carbonyl (C=O) groups excluding carboxylic acids is 1. The zero-order valence-electron chi connectivity index (χ0n) is 13.6. The van der Waals surface area contributed by atoms with Crippen molar-refractivity contribution in [2.24, 2.45) is 11.0 Å². The number of aryl methyl sites for hydroxylation is 1. The number of fused-ring (bicyclic) bond motifs is 1. The van der Waals surface area contributed by atoms with Crippen LogP contribution >= 0.6 is 11.3 Å². The Balaban J connectivity index is 1.69. The first-order valence-corrected chi connectivity index (χ1v) is 8.68. The molecule has 8 heteroatoms. The van der Waals surface area contributed by atoms with Crippen LogP contribution in [0.4, 0.5) is 5.69 Å². The van der Waals surface area contributed by atoms with Gasteiger partial charge in [0.25, 0.3) is 11.6 Å². The van der Waals surface area contributed by atoms with Crippen molar-refractivity contribution in [3.8, 4) is 5.75 Å². The van der Waals surface area contributed by atoms with Gasteiger partial charge in [-0.2, -0.15) is 5.10 Å². The second kappa shape index (κ2) is 7.02. The number of non-ortho nitro benzene ring substituents is 1. The minimum Gasteiger partial charge on any atom is -0.507 e. The Labute approximate surface area is 148 Å². The van der Waals surface area contributed by atoms with Gasteiger partial charge in [0.2, 0.25) is 0 Å². The van der Waals surface area contributed by atoms with Crippen molar-refractivity contribution in [2.45, 2.75) is 26.2 Å². The van der Waals surface area contributed by atoms with Gasteiger partial charge in [0.05, 0.1) is 16.0 Å². The molecule has 3 rings (SSSR count). The molecule has 1 aliphatic carbocycles. The molecule has 130 valence electrons. The van der Waals surface area contributed by atoms with E-state index in [4.69, 9.17) is 0 Å². The maximum atomic E-state index is 12.2. The number of nitrogens with one attached hydrogen (secondary N) is 1. The van der Waals surface area contributed by atoms with Gasteiger partial charge < -0.3 is 5.11 Å². The Morgan fingerprint density at radius 3 is 3.04 bits per heavy atom. The zero-order valence-corrected chi connectivity index (χ0v) is 14.4. The summed E-state index contributed by atoms with van der Waals surface area (Å²) < 4.78 is 0. The van der Waals surface area contributed by atoms with Crippen LogP contribution in [0.25, 0.3) is 0 Å². The SMILES string of the molecule is C[C@H]1CCc2sc(C(=O)N/N=C/c3cc([N+](=O)[O-])ccc3O)cc2C1. The second-order valence-electron chi connectivity index (χ2n) is 6.11. The van der Waals surface area contributed by atoms with Gasteiger partial charge in [-0.3, -0.25) is 14.9 Å². The fraction of sp³-hybridized carbons (Fsp3) is 0.294. The van der Waals surface area contributed by atoms with E-state index in [-0.39, 0.29) is 22.9 Å². The van der Waals surface area contributed by atoms with Gasteiger partial charge in [0.15, 0.2) is 0 Å². The summed E-state index contributed by atoms with van der Waals surface area (Å²) in [6.45, 7) is 2.20. The summed E-state index contributed by atoms with van der Waals surface area (Å²) in [6, 6.07) is 5.51. The molecule has 0 spiro atoms. The minimum absolute atomic E-state index is 0.149. The molecule has 0 saturated carbocycles. The lowest BCUT2D eigenvalue weighted by Crippen LogP contribution is -2.16. The maximum Gasteiger partial charge on any atom is 0.281 e. The van der Waals surface area contributed by atoms with Gasteiger partial charge in [-0.25, -0.2) is 5.43 Å². The number of hydrogen-bond acceptors (Lipinski definition) is 6. The second-order valence-corrected chi connectivity index (χ2v) is 7.24. The van der Waals surface area contributed by atoms with E-state index in [0.29, 0.717) is 10.8 Å². The minimum atomic E-state index is -0.563. The van der Waals surface area contributed by atoms with Crippen molar-refractivity contribution in [1.82, 2.24) is 5.43 Å². The van der Waals surface area contributed by atoms with Crippen LogP contribution in [-0.4, -0.2) is 22.2 Å². The third kappa shape index (κ3) is 3.85. The quantitative estimate of drug-likeness (QED) is 0.496. The molecule has 0 radical (unpaired) electrons. The Kier molecular flexibility index (Phi) is 4.80. The van der Waals surface area contributed by atoms with E-state index in [2.05, 4.69) is 17.5 Å². The van der Waals surface area contributed by atoms with Gasteiger partial charge in [-0.05, 0) is 42.9 Å². The van der Waals surface area contributed by atoms with Crippen LogP contribution < -0.4 is 5.43 Å². The number of benzene rings is 1. The number of phenolic OH excluding ortho intramolecular Hbond substituents is 1. The number of amides is 1. The Morgan fingerprint density at radius 2 is 2.28 bits per heavy atom. The lowest BCUT2D eigenvalue weighted by Gasteiger charge is -2.16. The summed E-state index contributed by atoms with van der Waals surface area (Å²) in [5.74, 6) is 0.158. The Bertz CT molecular complexity index is 860. The highest BCUT2D eigenvalue weighted by Crippen LogP contribution is 2.32. The molecule has 1 aromatic heterocycles. The van der Waals surface area contributed by atoms with Crippen LogP contribution in [0.5, 0.6) is 5.75 Å². The summed E-state index contributed by atoms with van der Waals surface area (Å²) >= 11 is 1.48. The number of nitro groups is 1. The Morgan fingerprint density at radius 1 is 1.48 bits per heavy atom. The molecular weight excluding hydrogens is 342 g/mol. The molecule has 1 aliphatic rings. The van der Waals surface area contributed by atoms with Gasteiger partial charge in [-0.15, -0.1) is 11.3 Å². The van der Waals surface area contributed by atoms with Crippen LogP contribution in [0.1, 0.15) is 39.0 Å². The molecule has 0 aliphatic heterocycles. The van der Waals surface area contributed by atoms with Crippen molar-refractivity contribution < 1.29 is 14.8 Å². The van der Waals surface area contributed by atoms with E-state index < -0.39 is 4.92 Å². The smallest absolute Gasteiger partial charge is 0.281 e. The first-order chi connectivity index (χ1) is 11.9. The largest absolute Gasteiger partial charge is 0.507 e. The normalized spacial score (nSPS) is 16.6. The Hall–Kier alpha value is -2.74. The fourth-order valence-electron chi connectivity index (χ4n) is 2.79. The third-order valence-corrected chi connectivity index (χ3v) is 5.38. The average Bonchev–Trinajstić information content (AvgIpc) is 2.99. The number of aromatic hydroxyl groups is 1. The van der Waals surface area contributed by atoms with Crippen molar-refractivity contribution in [1.29, 1.82) is 0 Å². The van der Waals surface area contributed by atoms with Crippen LogP contribution in [0.3, 0.4) is 0 Å². The van der Waals surface area contributed by atoms with Gasteiger partial charge in [-0.1, -0.05) is 6.92 Å². The summed E-state index contributed by atoms with van der Waals surface area (Å²) in [7, 11) is 0. The summed E-state index contributed by atoms with van der Waals surface area (Å²) in [6.07, 6.45) is 4.32. The molecule has 1 atom stereocenters. The summed E-state index contributed by atoms with van der Waals surface area (Å²) in [4.78, 5) is 24.3. The highest BCUT2D eigenvalue weighted by Gasteiger charge is 2.20. The van der Waals surface area contributed by atoms with E-state index in [9.17, 15) is 20.0 Å². The standard InChI is InChI=1S/C17H17N3O4S/c1-10-2-5-15-11(6-10)8-16(25-15)17(22)19-18-9-12-7-13(20(23)24)3-4-14(12)21/h3-4,7-10,21H,2,5-6H2,1H3,(H,19,22)/b18-9+/t10-/m0/s1. The van der Waals surface area contributed by atoms with Crippen LogP contribution in [0, 0.1) is 16.0 Å². The number of nitro benzene ring substituents is 1. The van der Waals surface area contributed by atoms with Crippen molar-refractivity contribution in [3.63, 3.8) is 0 Å². The molecule has 25 heavy (non-hydrogen) atoms. The number of thiophene rings is 1. The number of rotatable bonds is 4. The van der Waals surface area contributed by atoms with E-state index in [1.807, 2.05) is 6.07 Å². The van der Waals surface area contributed by atoms with E-state index in [1.165, 1.54) is 46.2 Å². The molecule has 1 aromatic carbocycles. The number of hydrazone groups is 1. The molecule has 1 heterocycles. The highest BCUT2D eigenvalue weighted by molar-refractivity contribution is 7.14. The molecule has 0 saturated heterocycles. The molecule has 2 aromatic rings. The van der Waals surface area contributed by atoms with Gasteiger partial charge in [0, 0.05) is 22.6 Å². The predicted molar refractivity (Wildman–Crippen MR) is 95.3 cm³/mol. The summed E-state index contributed by atoms with van der Waals surface area (Å²) in [5, 5.41) is 24.3. The average molecular weight is 359 g/mol. The van der Waals surface area contributed by atoms with Crippen molar-refractivity contribution >= 4 is 29.1 Å². The molecule has 7 nitrogen and oxygen atoms in total.